The first-order valence-electron chi connectivity index (χ1n) is 13.1. The van der Waals surface area contributed by atoms with E-state index in [1.807, 2.05) is 30.3 Å². The maximum Gasteiger partial charge on any atom is 0.338 e. The normalized spacial score (nSPS) is 14.9. The third-order valence-corrected chi connectivity index (χ3v) is 8.32. The van der Waals surface area contributed by atoms with Crippen molar-refractivity contribution in [2.45, 2.75) is 19.9 Å². The Bertz CT molecular complexity index is 2140. The Labute approximate surface area is 258 Å². The smallest absolute Gasteiger partial charge is 0.338 e. The van der Waals surface area contributed by atoms with E-state index >= 15 is 0 Å². The maximum atomic E-state index is 14.5. The summed E-state index contributed by atoms with van der Waals surface area (Å²) in [5.41, 5.74) is 1.30. The van der Waals surface area contributed by atoms with Gasteiger partial charge in [0, 0.05) is 10.6 Å². The monoisotopic (exact) mass is 634 g/mol. The number of halogens is 3. The lowest BCUT2D eigenvalue weighted by atomic mass is 9.96. The van der Waals surface area contributed by atoms with Gasteiger partial charge in [-0.15, -0.1) is 0 Å². The van der Waals surface area contributed by atoms with Gasteiger partial charge >= 0.3 is 5.97 Å². The highest BCUT2D eigenvalue weighted by Crippen LogP contribution is 2.35. The summed E-state index contributed by atoms with van der Waals surface area (Å²) in [5.74, 6) is -1.51. The van der Waals surface area contributed by atoms with E-state index in [4.69, 9.17) is 32.7 Å². The SMILES string of the molecule is CCOC(=O)C1=C(C)N=c2s/c(=C\c3c(Oc4nc(Cl)ncc4F)ccc4ccccc34)c(=O)n2[C@H]1c1ccccc1Cl. The van der Waals surface area contributed by atoms with Crippen molar-refractivity contribution in [3.63, 3.8) is 0 Å². The van der Waals surface area contributed by atoms with Gasteiger partial charge in [-0.3, -0.25) is 9.36 Å². The van der Waals surface area contributed by atoms with E-state index in [0.717, 1.165) is 28.3 Å². The van der Waals surface area contributed by atoms with E-state index in [0.29, 0.717) is 31.2 Å². The van der Waals surface area contributed by atoms with E-state index in [2.05, 4.69) is 15.0 Å². The second kappa shape index (κ2) is 11.7. The lowest BCUT2D eigenvalue weighted by Gasteiger charge is -2.25. The van der Waals surface area contributed by atoms with E-state index in [-0.39, 0.29) is 29.1 Å². The zero-order valence-corrected chi connectivity index (χ0v) is 25.0. The van der Waals surface area contributed by atoms with E-state index in [9.17, 15) is 14.0 Å². The van der Waals surface area contributed by atoms with Crippen LogP contribution in [0.25, 0.3) is 16.8 Å². The molecule has 3 heterocycles. The summed E-state index contributed by atoms with van der Waals surface area (Å²) >= 11 is 13.6. The van der Waals surface area contributed by atoms with E-state index < -0.39 is 23.4 Å². The lowest BCUT2D eigenvalue weighted by molar-refractivity contribution is -0.139. The molecule has 0 amide bonds. The van der Waals surface area contributed by atoms with Crippen molar-refractivity contribution in [1.29, 1.82) is 0 Å². The average molecular weight is 636 g/mol. The molecule has 216 valence electrons. The average Bonchev–Trinajstić information content (AvgIpc) is 3.29. The van der Waals surface area contributed by atoms with E-state index in [1.165, 1.54) is 4.57 Å². The number of benzene rings is 3. The highest BCUT2D eigenvalue weighted by atomic mass is 35.5. The molecule has 0 spiro atoms. The fourth-order valence-corrected chi connectivity index (χ4v) is 6.33. The van der Waals surface area contributed by atoms with Crippen LogP contribution in [-0.4, -0.2) is 27.1 Å². The largest absolute Gasteiger partial charge is 0.463 e. The third kappa shape index (κ3) is 5.33. The van der Waals surface area contributed by atoms with Gasteiger partial charge in [0.15, 0.2) is 4.80 Å². The Kier molecular flexibility index (Phi) is 7.83. The number of allylic oxidation sites excluding steroid dienone is 1. The van der Waals surface area contributed by atoms with Gasteiger partial charge in [0.2, 0.25) is 11.1 Å². The minimum Gasteiger partial charge on any atom is -0.463 e. The standard InChI is InChI=1S/C31H21Cl2FN4O4S/c1-3-41-29(40)25-16(2)36-31-38(26(25)19-10-6-7-11-21(19)32)28(39)24(43-31)14-20-18-9-5-4-8-17(18)12-13-23(20)42-27-22(34)15-35-30(33)37-27/h4-15,26H,3H2,1-2H3/b24-14-/t26-/m0/s1. The molecule has 2 aromatic heterocycles. The number of ether oxygens (including phenoxy) is 2. The minimum atomic E-state index is -0.869. The Morgan fingerprint density at radius 3 is 2.67 bits per heavy atom. The summed E-state index contributed by atoms with van der Waals surface area (Å²) in [6, 6.07) is 17.1. The Morgan fingerprint density at radius 2 is 1.88 bits per heavy atom. The molecule has 0 radical (unpaired) electrons. The topological polar surface area (TPSA) is 95.7 Å². The predicted octanol–water partition coefficient (Wildman–Crippen LogP) is 5.98. The molecule has 0 saturated heterocycles. The van der Waals surface area contributed by atoms with Crippen LogP contribution in [0.3, 0.4) is 0 Å². The van der Waals surface area contributed by atoms with E-state index in [1.54, 1.807) is 50.3 Å². The van der Waals surface area contributed by atoms with Crippen LogP contribution in [0.2, 0.25) is 10.3 Å². The van der Waals surface area contributed by atoms with Crippen molar-refractivity contribution >= 4 is 57.4 Å². The van der Waals surface area contributed by atoms with Gasteiger partial charge in [0.05, 0.1) is 28.6 Å². The zero-order chi connectivity index (χ0) is 30.2. The molecule has 1 aliphatic heterocycles. The molecule has 0 fully saturated rings. The number of fused-ring (bicyclic) bond motifs is 2. The number of rotatable bonds is 6. The first-order valence-corrected chi connectivity index (χ1v) is 14.7. The maximum absolute atomic E-state index is 14.5. The van der Waals surface area contributed by atoms with Crippen LogP contribution in [0.4, 0.5) is 4.39 Å². The molecule has 0 aliphatic carbocycles. The van der Waals surface area contributed by atoms with Gasteiger partial charge in [0.1, 0.15) is 11.8 Å². The molecule has 43 heavy (non-hydrogen) atoms. The first kappa shape index (κ1) is 28.7. The molecule has 0 unspecified atom stereocenters. The second-order valence-corrected chi connectivity index (χ2v) is 11.2. The second-order valence-electron chi connectivity index (χ2n) is 9.42. The highest BCUT2D eigenvalue weighted by molar-refractivity contribution is 7.07. The van der Waals surface area contributed by atoms with Crippen LogP contribution in [0.5, 0.6) is 11.6 Å². The fourth-order valence-electron chi connectivity index (χ4n) is 4.93. The van der Waals surface area contributed by atoms with Gasteiger partial charge < -0.3 is 9.47 Å². The summed E-state index contributed by atoms with van der Waals surface area (Å²) in [5, 5.41) is 1.81. The molecular weight excluding hydrogens is 614 g/mol. The van der Waals surface area contributed by atoms with Crippen LogP contribution in [0, 0.1) is 5.82 Å². The number of aromatic nitrogens is 3. The first-order chi connectivity index (χ1) is 20.8. The summed E-state index contributed by atoms with van der Waals surface area (Å²) in [4.78, 5) is 39.8. The molecule has 0 bridgehead atoms. The summed E-state index contributed by atoms with van der Waals surface area (Å²) in [6.45, 7) is 3.56. The number of esters is 1. The van der Waals surface area contributed by atoms with Crippen molar-refractivity contribution in [1.82, 2.24) is 14.5 Å². The lowest BCUT2D eigenvalue weighted by Crippen LogP contribution is -2.40. The molecule has 6 rings (SSSR count). The molecule has 12 heteroatoms. The number of hydrogen-bond acceptors (Lipinski definition) is 8. The Balaban J connectivity index is 1.59. The van der Waals surface area contributed by atoms with Gasteiger partial charge in [0.25, 0.3) is 11.4 Å². The van der Waals surface area contributed by atoms with Crippen molar-refractivity contribution < 1.29 is 18.7 Å². The summed E-state index contributed by atoms with van der Waals surface area (Å²) in [7, 11) is 0. The highest BCUT2D eigenvalue weighted by Gasteiger charge is 2.34. The summed E-state index contributed by atoms with van der Waals surface area (Å²) in [6.07, 6.45) is 2.58. The van der Waals surface area contributed by atoms with Gasteiger partial charge in [-0.05, 0) is 60.0 Å². The molecular formula is C31H21Cl2FN4O4S. The zero-order valence-electron chi connectivity index (χ0n) is 22.7. The van der Waals surface area contributed by atoms with Crippen molar-refractivity contribution in [2.75, 3.05) is 6.61 Å². The number of carbonyl (C=O) groups excluding carboxylic acids is 1. The van der Waals surface area contributed by atoms with Gasteiger partial charge in [-0.25, -0.2) is 14.8 Å². The number of hydrogen-bond donors (Lipinski definition) is 0. The molecule has 0 saturated carbocycles. The van der Waals surface area contributed by atoms with Crippen LogP contribution >= 0.6 is 34.5 Å². The Morgan fingerprint density at radius 1 is 1.12 bits per heavy atom. The molecule has 1 aliphatic rings. The third-order valence-electron chi connectivity index (χ3n) is 6.81. The van der Waals surface area contributed by atoms with Crippen LogP contribution in [0.15, 0.2) is 87.9 Å². The number of thiazole rings is 1. The number of nitrogens with zero attached hydrogens (tertiary/aromatic N) is 4. The predicted molar refractivity (Wildman–Crippen MR) is 163 cm³/mol. The molecule has 0 N–H and O–H groups in total. The fraction of sp³-hybridized carbons (Fsp3) is 0.129. The Hall–Kier alpha value is -4.38. The quantitative estimate of drug-likeness (QED) is 0.168. The van der Waals surface area contributed by atoms with Crippen LogP contribution in [0.1, 0.15) is 31.0 Å². The van der Waals surface area contributed by atoms with Crippen molar-refractivity contribution in [3.05, 3.63) is 125 Å². The molecule has 8 nitrogen and oxygen atoms in total. The van der Waals surface area contributed by atoms with Crippen molar-refractivity contribution in [2.24, 2.45) is 4.99 Å². The minimum absolute atomic E-state index is 0.150. The molecule has 1 atom stereocenters. The molecule has 5 aromatic rings. The van der Waals surface area contributed by atoms with Crippen LogP contribution in [-0.2, 0) is 9.53 Å². The molecule has 3 aromatic carbocycles. The number of carbonyl (C=O) groups is 1. The summed E-state index contributed by atoms with van der Waals surface area (Å²) < 4.78 is 27.5. The van der Waals surface area contributed by atoms with Crippen LogP contribution < -0.4 is 19.6 Å². The van der Waals surface area contributed by atoms with Crippen molar-refractivity contribution in [3.8, 4) is 11.6 Å². The van der Waals surface area contributed by atoms with Gasteiger partial charge in [-0.2, -0.15) is 9.37 Å². The van der Waals surface area contributed by atoms with Gasteiger partial charge in [-0.1, -0.05) is 71.5 Å².